The lowest BCUT2D eigenvalue weighted by molar-refractivity contribution is -0.127. The summed E-state index contributed by atoms with van der Waals surface area (Å²) in [5.41, 5.74) is 1.59. The molecule has 1 aliphatic rings. The first kappa shape index (κ1) is 14.3. The molecule has 0 aliphatic carbocycles. The van der Waals surface area contributed by atoms with Gasteiger partial charge in [0.1, 0.15) is 11.6 Å². The number of fused-ring (bicyclic) bond motifs is 1. The number of pyridine rings is 1. The molecule has 1 atom stereocenters. The molecule has 0 spiro atoms. The van der Waals surface area contributed by atoms with Gasteiger partial charge in [0.25, 0.3) is 5.91 Å². The van der Waals surface area contributed by atoms with Crippen molar-refractivity contribution in [3.8, 4) is 11.6 Å². The van der Waals surface area contributed by atoms with Crippen LogP contribution in [0.1, 0.15) is 11.1 Å². The summed E-state index contributed by atoms with van der Waals surface area (Å²) >= 11 is 0. The molecule has 114 valence electrons. The van der Waals surface area contributed by atoms with Crippen molar-refractivity contribution in [3.63, 3.8) is 0 Å². The zero-order valence-electron chi connectivity index (χ0n) is 12.0. The fourth-order valence-electron chi connectivity index (χ4n) is 2.34. The quantitative estimate of drug-likeness (QED) is 0.936. The topological polar surface area (TPSA) is 60.5 Å². The molecule has 0 radical (unpaired) electrons. The van der Waals surface area contributed by atoms with E-state index >= 15 is 0 Å². The van der Waals surface area contributed by atoms with Crippen LogP contribution in [-0.2, 0) is 17.8 Å². The van der Waals surface area contributed by atoms with E-state index in [4.69, 9.17) is 9.47 Å². The minimum atomic E-state index is -0.625. The van der Waals surface area contributed by atoms with E-state index in [0.29, 0.717) is 30.2 Å². The Morgan fingerprint density at radius 2 is 2.32 bits per heavy atom. The molecule has 0 bridgehead atoms. The van der Waals surface area contributed by atoms with Crippen LogP contribution in [0.4, 0.5) is 4.39 Å². The molecule has 1 aromatic heterocycles. The molecule has 22 heavy (non-hydrogen) atoms. The van der Waals surface area contributed by atoms with Crippen molar-refractivity contribution >= 4 is 5.91 Å². The van der Waals surface area contributed by atoms with Crippen LogP contribution >= 0.6 is 0 Å². The predicted octanol–water partition coefficient (Wildman–Crippen LogP) is 1.85. The summed E-state index contributed by atoms with van der Waals surface area (Å²) in [6.07, 6.45) is 1.37. The van der Waals surface area contributed by atoms with Crippen molar-refractivity contribution < 1.29 is 18.7 Å². The van der Waals surface area contributed by atoms with E-state index in [1.807, 2.05) is 0 Å². The third-order valence-corrected chi connectivity index (χ3v) is 3.46. The molecule has 2 aromatic rings. The second-order valence-electron chi connectivity index (χ2n) is 4.99. The van der Waals surface area contributed by atoms with Gasteiger partial charge in [-0.25, -0.2) is 9.37 Å². The van der Waals surface area contributed by atoms with Gasteiger partial charge in [0.05, 0.1) is 7.11 Å². The van der Waals surface area contributed by atoms with Crippen LogP contribution in [0.25, 0.3) is 0 Å². The highest BCUT2D eigenvalue weighted by atomic mass is 19.1. The summed E-state index contributed by atoms with van der Waals surface area (Å²) in [7, 11) is 1.54. The van der Waals surface area contributed by atoms with Crippen molar-refractivity contribution in [2.24, 2.45) is 0 Å². The molecule has 0 saturated carbocycles. The number of nitrogens with one attached hydrogen (secondary N) is 1. The third-order valence-electron chi connectivity index (χ3n) is 3.46. The number of benzene rings is 1. The van der Waals surface area contributed by atoms with Crippen LogP contribution in [0.2, 0.25) is 0 Å². The Balaban J connectivity index is 1.59. The molecule has 0 fully saturated rings. The molecule has 3 rings (SSSR count). The molecule has 1 amide bonds. The Bertz CT molecular complexity index is 706. The van der Waals surface area contributed by atoms with E-state index < -0.39 is 6.10 Å². The molecular formula is C16H15FN2O3. The minimum absolute atomic E-state index is 0.229. The van der Waals surface area contributed by atoms with Gasteiger partial charge >= 0.3 is 0 Å². The molecule has 1 aromatic carbocycles. The number of halogens is 1. The van der Waals surface area contributed by atoms with Crippen LogP contribution < -0.4 is 14.8 Å². The van der Waals surface area contributed by atoms with E-state index in [9.17, 15) is 9.18 Å². The fourth-order valence-corrected chi connectivity index (χ4v) is 2.34. The van der Waals surface area contributed by atoms with Crippen molar-refractivity contribution in [2.45, 2.75) is 19.1 Å². The highest BCUT2D eigenvalue weighted by molar-refractivity contribution is 5.82. The number of methoxy groups -OCH3 is 1. The number of hydrogen-bond donors (Lipinski definition) is 1. The molecule has 0 saturated heterocycles. The van der Waals surface area contributed by atoms with E-state index in [1.54, 1.807) is 24.4 Å². The van der Waals surface area contributed by atoms with Crippen LogP contribution in [0.3, 0.4) is 0 Å². The molecule has 1 aliphatic heterocycles. The predicted molar refractivity (Wildman–Crippen MR) is 77.2 cm³/mol. The van der Waals surface area contributed by atoms with E-state index in [2.05, 4.69) is 10.3 Å². The second-order valence-corrected chi connectivity index (χ2v) is 4.99. The summed E-state index contributed by atoms with van der Waals surface area (Å²) in [6.45, 7) is 0.349. The number of rotatable bonds is 4. The van der Waals surface area contributed by atoms with Gasteiger partial charge in [0.2, 0.25) is 5.88 Å². The summed E-state index contributed by atoms with van der Waals surface area (Å²) in [5, 5.41) is 2.80. The van der Waals surface area contributed by atoms with E-state index in [-0.39, 0.29) is 11.7 Å². The maximum absolute atomic E-state index is 13.2. The molecule has 2 heterocycles. The standard InChI is InChI=1S/C16H15FN2O3/c1-21-15-6-10(4-5-18-15)9-19-16(20)14-8-11-7-12(17)2-3-13(11)22-14/h2-7,14H,8-9H2,1H3,(H,19,20). The third kappa shape index (κ3) is 3.00. The lowest BCUT2D eigenvalue weighted by Crippen LogP contribution is -2.37. The van der Waals surface area contributed by atoms with Gasteiger partial charge in [0.15, 0.2) is 6.10 Å². The van der Waals surface area contributed by atoms with E-state index in [0.717, 1.165) is 5.56 Å². The van der Waals surface area contributed by atoms with Crippen molar-refractivity contribution in [1.29, 1.82) is 0 Å². The number of aromatic nitrogens is 1. The summed E-state index contributed by atoms with van der Waals surface area (Å²) < 4.78 is 23.7. The first-order valence-corrected chi connectivity index (χ1v) is 6.87. The molecule has 1 N–H and O–H groups in total. The first-order valence-electron chi connectivity index (χ1n) is 6.87. The van der Waals surface area contributed by atoms with E-state index in [1.165, 1.54) is 19.2 Å². The molecule has 1 unspecified atom stereocenters. The maximum Gasteiger partial charge on any atom is 0.261 e. The number of carbonyl (C=O) groups excluding carboxylic acids is 1. The van der Waals surface area contributed by atoms with Crippen LogP contribution in [0, 0.1) is 5.82 Å². The number of hydrogen-bond acceptors (Lipinski definition) is 4. The minimum Gasteiger partial charge on any atom is -0.481 e. The van der Waals surface area contributed by atoms with Gasteiger partial charge in [-0.1, -0.05) is 0 Å². The van der Waals surface area contributed by atoms with Gasteiger partial charge < -0.3 is 14.8 Å². The first-order chi connectivity index (χ1) is 10.7. The van der Waals surface area contributed by atoms with Crippen LogP contribution in [-0.4, -0.2) is 24.1 Å². The largest absolute Gasteiger partial charge is 0.481 e. The number of carbonyl (C=O) groups is 1. The SMILES string of the molecule is COc1cc(CNC(=O)C2Cc3cc(F)ccc3O2)ccn1. The van der Waals surface area contributed by atoms with Crippen LogP contribution in [0.15, 0.2) is 36.5 Å². The lowest BCUT2D eigenvalue weighted by Gasteiger charge is -2.11. The zero-order valence-corrected chi connectivity index (χ0v) is 12.0. The average Bonchev–Trinajstić information content (AvgIpc) is 2.96. The van der Waals surface area contributed by atoms with Gasteiger partial charge in [-0.15, -0.1) is 0 Å². The molecular weight excluding hydrogens is 287 g/mol. The Morgan fingerprint density at radius 3 is 3.14 bits per heavy atom. The Hall–Kier alpha value is -2.63. The number of amides is 1. The highest BCUT2D eigenvalue weighted by Gasteiger charge is 2.29. The Morgan fingerprint density at radius 1 is 1.45 bits per heavy atom. The van der Waals surface area contributed by atoms with Gasteiger partial charge in [0, 0.05) is 30.8 Å². The maximum atomic E-state index is 13.2. The Labute approximate surface area is 127 Å². The number of ether oxygens (including phenoxy) is 2. The van der Waals surface area contributed by atoms with Gasteiger partial charge in [-0.05, 0) is 29.8 Å². The molecule has 6 heteroatoms. The lowest BCUT2D eigenvalue weighted by atomic mass is 10.1. The average molecular weight is 302 g/mol. The smallest absolute Gasteiger partial charge is 0.261 e. The highest BCUT2D eigenvalue weighted by Crippen LogP contribution is 2.29. The zero-order chi connectivity index (χ0) is 15.5. The monoisotopic (exact) mass is 302 g/mol. The fraction of sp³-hybridized carbons (Fsp3) is 0.250. The number of nitrogens with zero attached hydrogens (tertiary/aromatic N) is 1. The van der Waals surface area contributed by atoms with Gasteiger partial charge in [-0.2, -0.15) is 0 Å². The summed E-state index contributed by atoms with van der Waals surface area (Å²) in [5.74, 6) is 0.499. The van der Waals surface area contributed by atoms with Gasteiger partial charge in [-0.3, -0.25) is 4.79 Å². The van der Waals surface area contributed by atoms with Crippen molar-refractivity contribution in [2.75, 3.05) is 7.11 Å². The van der Waals surface area contributed by atoms with Crippen molar-refractivity contribution in [1.82, 2.24) is 10.3 Å². The summed E-state index contributed by atoms with van der Waals surface area (Å²) in [6, 6.07) is 7.81. The Kier molecular flexibility index (Phi) is 3.91. The summed E-state index contributed by atoms with van der Waals surface area (Å²) in [4.78, 5) is 16.2. The molecule has 5 nitrogen and oxygen atoms in total. The van der Waals surface area contributed by atoms with Crippen molar-refractivity contribution in [3.05, 3.63) is 53.5 Å². The second kappa shape index (κ2) is 6.01. The normalized spacial score (nSPS) is 15.8. The van der Waals surface area contributed by atoms with Crippen LogP contribution in [0.5, 0.6) is 11.6 Å².